The number of hydrogen-bond donors (Lipinski definition) is 3. The number of aromatic hydroxyl groups is 1. The van der Waals surface area contributed by atoms with Crippen LogP contribution >= 0.6 is 0 Å². The molecule has 1 amide bonds. The topological polar surface area (TPSA) is 98.7 Å². The molecule has 1 aromatic carbocycles. The molecule has 9 heteroatoms. The highest BCUT2D eigenvalue weighted by atomic mass is 32.2. The van der Waals surface area contributed by atoms with Gasteiger partial charge in [-0.15, -0.1) is 0 Å². The Morgan fingerprint density at radius 3 is 2.75 bits per heavy atom. The highest BCUT2D eigenvalue weighted by Gasteiger charge is 2.38. The van der Waals surface area contributed by atoms with Crippen molar-refractivity contribution in [3.8, 4) is 5.75 Å². The van der Waals surface area contributed by atoms with Crippen LogP contribution in [0.3, 0.4) is 0 Å². The van der Waals surface area contributed by atoms with Crippen molar-refractivity contribution in [2.24, 2.45) is 0 Å². The second-order valence-electron chi connectivity index (χ2n) is 5.75. The minimum absolute atomic E-state index is 0.249. The van der Waals surface area contributed by atoms with Gasteiger partial charge in [-0.1, -0.05) is 18.6 Å². The number of anilines is 1. The van der Waals surface area contributed by atoms with Crippen LogP contribution in [0.15, 0.2) is 11.6 Å². The average Bonchev–Trinajstić information content (AvgIpc) is 3.09. The quantitative estimate of drug-likeness (QED) is 0.740. The third-order valence-corrected chi connectivity index (χ3v) is 5.50. The van der Waals surface area contributed by atoms with Crippen LogP contribution in [-0.2, 0) is 21.4 Å². The predicted octanol–water partition coefficient (Wildman–Crippen LogP) is 0.651. The standard InChI is InChI=1S/C15H18FN3O4S/c1-2-10-6-12(20)15(19-8-13(21)18-24(19,22)23)14(16)11(10)5-9-3-4-17-7-9/h5-6,17,20H,2-4,7-8H2,1H3,(H,18,21)/b9-5+. The van der Waals surface area contributed by atoms with Crippen LogP contribution in [0.4, 0.5) is 10.1 Å². The van der Waals surface area contributed by atoms with E-state index in [0.717, 1.165) is 18.5 Å². The summed E-state index contributed by atoms with van der Waals surface area (Å²) in [7, 11) is -4.20. The van der Waals surface area contributed by atoms with Crippen LogP contribution in [0.25, 0.3) is 6.08 Å². The minimum atomic E-state index is -4.20. The lowest BCUT2D eigenvalue weighted by Crippen LogP contribution is -2.30. The second kappa shape index (κ2) is 6.06. The summed E-state index contributed by atoms with van der Waals surface area (Å²) in [6, 6.07) is 1.35. The zero-order valence-electron chi connectivity index (χ0n) is 13.1. The molecule has 2 fully saturated rings. The Morgan fingerprint density at radius 2 is 2.21 bits per heavy atom. The molecule has 0 aromatic heterocycles. The van der Waals surface area contributed by atoms with Crippen LogP contribution < -0.4 is 14.3 Å². The minimum Gasteiger partial charge on any atom is -0.506 e. The van der Waals surface area contributed by atoms with Crippen LogP contribution in [0.5, 0.6) is 5.75 Å². The van der Waals surface area contributed by atoms with Gasteiger partial charge in [-0.25, -0.2) is 13.4 Å². The van der Waals surface area contributed by atoms with Crippen LogP contribution in [-0.4, -0.2) is 39.1 Å². The number of aryl methyl sites for hydroxylation is 1. The van der Waals surface area contributed by atoms with Crippen molar-refractivity contribution < 1.29 is 22.7 Å². The molecule has 2 heterocycles. The van der Waals surface area contributed by atoms with Gasteiger partial charge < -0.3 is 10.4 Å². The highest BCUT2D eigenvalue weighted by Crippen LogP contribution is 2.38. The summed E-state index contributed by atoms with van der Waals surface area (Å²) < 4.78 is 41.4. The third kappa shape index (κ3) is 2.84. The van der Waals surface area contributed by atoms with E-state index < -0.39 is 39.9 Å². The Balaban J connectivity index is 2.17. The van der Waals surface area contributed by atoms with E-state index in [9.17, 15) is 18.3 Å². The van der Waals surface area contributed by atoms with Crippen molar-refractivity contribution >= 4 is 27.9 Å². The first kappa shape index (κ1) is 16.7. The monoisotopic (exact) mass is 355 g/mol. The van der Waals surface area contributed by atoms with E-state index in [2.05, 4.69) is 5.32 Å². The molecular weight excluding hydrogens is 337 g/mol. The number of nitrogens with one attached hydrogen (secondary N) is 2. The summed E-state index contributed by atoms with van der Waals surface area (Å²) in [4.78, 5) is 11.4. The average molecular weight is 355 g/mol. The zero-order valence-corrected chi connectivity index (χ0v) is 13.9. The van der Waals surface area contributed by atoms with Gasteiger partial charge in [-0.3, -0.25) is 4.79 Å². The van der Waals surface area contributed by atoms with Crippen molar-refractivity contribution in [2.45, 2.75) is 19.8 Å². The molecule has 2 aliphatic rings. The Morgan fingerprint density at radius 1 is 1.46 bits per heavy atom. The van der Waals surface area contributed by atoms with Gasteiger partial charge in [-0.2, -0.15) is 8.42 Å². The van der Waals surface area contributed by atoms with Crippen LogP contribution in [0.2, 0.25) is 0 Å². The summed E-state index contributed by atoms with van der Waals surface area (Å²) in [6.45, 7) is 2.70. The first-order valence-electron chi connectivity index (χ1n) is 7.61. The molecular formula is C15H18FN3O4S. The number of carbonyl (C=O) groups excluding carboxylic acids is 1. The molecule has 0 atom stereocenters. The summed E-state index contributed by atoms with van der Waals surface area (Å²) in [5.74, 6) is -2.12. The number of carbonyl (C=O) groups is 1. The summed E-state index contributed by atoms with van der Waals surface area (Å²) in [5, 5.41) is 13.3. The molecule has 0 unspecified atom stereocenters. The Labute approximate surface area is 139 Å². The predicted molar refractivity (Wildman–Crippen MR) is 87.3 cm³/mol. The van der Waals surface area contributed by atoms with Crippen LogP contribution in [0.1, 0.15) is 24.5 Å². The Kier molecular flexibility index (Phi) is 4.22. The molecule has 3 N–H and O–H groups in total. The first-order valence-corrected chi connectivity index (χ1v) is 9.05. The fraction of sp³-hybridized carbons (Fsp3) is 0.400. The molecule has 0 bridgehead atoms. The number of hydrogen-bond acceptors (Lipinski definition) is 5. The fourth-order valence-corrected chi connectivity index (χ4v) is 4.10. The largest absolute Gasteiger partial charge is 0.506 e. The maximum atomic E-state index is 15.1. The molecule has 0 aliphatic carbocycles. The lowest BCUT2D eigenvalue weighted by Gasteiger charge is -2.20. The molecule has 2 aliphatic heterocycles. The molecule has 2 saturated heterocycles. The number of amides is 1. The van der Waals surface area contributed by atoms with Gasteiger partial charge in [0.2, 0.25) is 0 Å². The zero-order chi connectivity index (χ0) is 17.5. The fourth-order valence-electron chi connectivity index (χ4n) is 2.94. The van der Waals surface area contributed by atoms with Crippen LogP contribution in [0, 0.1) is 5.82 Å². The Bertz CT molecular complexity index is 828. The van der Waals surface area contributed by atoms with Crippen molar-refractivity contribution in [3.63, 3.8) is 0 Å². The highest BCUT2D eigenvalue weighted by molar-refractivity contribution is 7.92. The molecule has 0 radical (unpaired) electrons. The van der Waals surface area contributed by atoms with E-state index in [1.54, 1.807) is 10.8 Å². The van der Waals surface area contributed by atoms with Gasteiger partial charge in [0.05, 0.1) is 0 Å². The summed E-state index contributed by atoms with van der Waals surface area (Å²) in [6.07, 6.45) is 2.94. The third-order valence-electron chi connectivity index (χ3n) is 4.12. The SMILES string of the molecule is CCc1cc(O)c(N2CC(=O)NS2(=O)=O)c(F)c1/C=C1\CCNC1. The molecule has 3 rings (SSSR count). The van der Waals surface area contributed by atoms with Gasteiger partial charge in [-0.05, 0) is 31.0 Å². The molecule has 0 spiro atoms. The van der Waals surface area contributed by atoms with Gasteiger partial charge in [0.25, 0.3) is 5.91 Å². The van der Waals surface area contributed by atoms with E-state index in [1.807, 2.05) is 6.92 Å². The number of phenols is 1. The number of halogens is 1. The maximum Gasteiger partial charge on any atom is 0.326 e. The smallest absolute Gasteiger partial charge is 0.326 e. The second-order valence-corrected chi connectivity index (χ2v) is 7.35. The molecule has 0 saturated carbocycles. The first-order chi connectivity index (χ1) is 11.3. The van der Waals surface area contributed by atoms with Crippen molar-refractivity contribution in [1.82, 2.24) is 10.0 Å². The van der Waals surface area contributed by atoms with Gasteiger partial charge in [0, 0.05) is 12.1 Å². The van der Waals surface area contributed by atoms with Crippen molar-refractivity contribution in [2.75, 3.05) is 23.9 Å². The molecule has 130 valence electrons. The van der Waals surface area contributed by atoms with E-state index >= 15 is 4.39 Å². The van der Waals surface area contributed by atoms with E-state index in [4.69, 9.17) is 0 Å². The van der Waals surface area contributed by atoms with Gasteiger partial charge in [0.1, 0.15) is 18.0 Å². The number of nitrogens with zero attached hydrogens (tertiary/aromatic N) is 1. The van der Waals surface area contributed by atoms with Crippen molar-refractivity contribution in [3.05, 3.63) is 28.6 Å². The van der Waals surface area contributed by atoms with E-state index in [0.29, 0.717) is 22.8 Å². The van der Waals surface area contributed by atoms with Gasteiger partial charge >= 0.3 is 10.2 Å². The summed E-state index contributed by atoms with van der Waals surface area (Å²) >= 11 is 0. The normalized spacial score (nSPS) is 21.5. The van der Waals surface area contributed by atoms with Gasteiger partial charge in [0.15, 0.2) is 5.82 Å². The lowest BCUT2D eigenvalue weighted by atomic mass is 9.99. The van der Waals surface area contributed by atoms with Crippen molar-refractivity contribution in [1.29, 1.82) is 0 Å². The maximum absolute atomic E-state index is 15.1. The number of phenolic OH excluding ortho intramolecular Hbond substituents is 1. The van der Waals surface area contributed by atoms with E-state index in [-0.39, 0.29) is 5.56 Å². The summed E-state index contributed by atoms with van der Waals surface area (Å²) in [5.41, 5.74) is 1.32. The lowest BCUT2D eigenvalue weighted by molar-refractivity contribution is -0.117. The number of rotatable bonds is 3. The molecule has 24 heavy (non-hydrogen) atoms. The molecule has 7 nitrogen and oxygen atoms in total. The Hall–Kier alpha value is -2.13. The van der Waals surface area contributed by atoms with E-state index in [1.165, 1.54) is 6.07 Å². The number of benzene rings is 1. The molecule has 1 aromatic rings.